The second-order valence-corrected chi connectivity index (χ2v) is 24.1. The molecule has 0 bridgehead atoms. The van der Waals surface area contributed by atoms with Crippen molar-refractivity contribution < 1.29 is 28.6 Å². The van der Waals surface area contributed by atoms with Crippen LogP contribution in [0.25, 0.3) is 0 Å². The topological polar surface area (TPSA) is 78.9 Å². The molecule has 6 heteroatoms. The SMILES string of the molecule is CCCCC/C=C\C/C=C\CCCCCCCCCC(=O)OC(COC(=O)CCCCCCC/C=C\C/C=C\CCCCCC)COC(=O)CCCCCCCCCCCCCCCCCCCCCCCCCCCCCCC. The molecule has 0 heterocycles. The summed E-state index contributed by atoms with van der Waals surface area (Å²) in [6.07, 6.45) is 87.2. The van der Waals surface area contributed by atoms with Gasteiger partial charge in [-0.25, -0.2) is 0 Å². The largest absolute Gasteiger partial charge is 0.462 e. The lowest BCUT2D eigenvalue weighted by molar-refractivity contribution is -0.167. The minimum atomic E-state index is -0.783. The Morgan fingerprint density at radius 2 is 0.450 bits per heavy atom. The molecule has 0 aromatic heterocycles. The van der Waals surface area contributed by atoms with Gasteiger partial charge in [-0.3, -0.25) is 14.4 Å². The van der Waals surface area contributed by atoms with Crippen LogP contribution < -0.4 is 0 Å². The van der Waals surface area contributed by atoms with Gasteiger partial charge in [-0.15, -0.1) is 0 Å². The molecule has 0 aromatic carbocycles. The second-order valence-electron chi connectivity index (χ2n) is 24.1. The molecule has 0 radical (unpaired) electrons. The third-order valence-electron chi connectivity index (χ3n) is 16.1. The Bertz CT molecular complexity index is 1380. The van der Waals surface area contributed by atoms with Crippen LogP contribution in [0, 0.1) is 0 Å². The summed E-state index contributed by atoms with van der Waals surface area (Å²) in [5.74, 6) is -0.875. The van der Waals surface area contributed by atoms with Crippen LogP contribution >= 0.6 is 0 Å². The second kappa shape index (κ2) is 68.9. The molecule has 0 spiro atoms. The molecule has 0 saturated heterocycles. The predicted molar refractivity (Wildman–Crippen MR) is 349 cm³/mol. The number of ether oxygens (including phenoxy) is 3. The highest BCUT2D eigenvalue weighted by atomic mass is 16.6. The van der Waals surface area contributed by atoms with Gasteiger partial charge in [0.1, 0.15) is 13.2 Å². The van der Waals surface area contributed by atoms with E-state index in [4.69, 9.17) is 14.2 Å². The van der Waals surface area contributed by atoms with E-state index in [1.54, 1.807) is 0 Å². The first-order chi connectivity index (χ1) is 39.5. The molecule has 0 aliphatic rings. The maximum atomic E-state index is 12.9. The van der Waals surface area contributed by atoms with E-state index >= 15 is 0 Å². The molecule has 0 rings (SSSR count). The van der Waals surface area contributed by atoms with E-state index in [1.807, 2.05) is 0 Å². The van der Waals surface area contributed by atoms with E-state index in [-0.39, 0.29) is 31.1 Å². The van der Waals surface area contributed by atoms with Gasteiger partial charge < -0.3 is 14.2 Å². The lowest BCUT2D eigenvalue weighted by Gasteiger charge is -2.18. The van der Waals surface area contributed by atoms with Crippen molar-refractivity contribution >= 4 is 17.9 Å². The van der Waals surface area contributed by atoms with Gasteiger partial charge in [0.2, 0.25) is 0 Å². The lowest BCUT2D eigenvalue weighted by Crippen LogP contribution is -2.30. The summed E-state index contributed by atoms with van der Waals surface area (Å²) in [4.78, 5) is 38.4. The molecule has 1 unspecified atom stereocenters. The number of unbranched alkanes of at least 4 members (excludes halogenated alkanes) is 47. The van der Waals surface area contributed by atoms with Gasteiger partial charge in [0.25, 0.3) is 0 Å². The molecule has 468 valence electrons. The smallest absolute Gasteiger partial charge is 0.306 e. The molecule has 0 fully saturated rings. The number of rotatable bonds is 66. The van der Waals surface area contributed by atoms with Crippen molar-refractivity contribution in [1.82, 2.24) is 0 Å². The fraction of sp³-hybridized carbons (Fsp3) is 0.851. The number of esters is 3. The summed E-state index contributed by atoms with van der Waals surface area (Å²) in [5, 5.41) is 0. The van der Waals surface area contributed by atoms with Crippen LogP contribution in [0.15, 0.2) is 48.6 Å². The van der Waals surface area contributed by atoms with E-state index in [1.165, 1.54) is 257 Å². The van der Waals surface area contributed by atoms with Gasteiger partial charge in [0, 0.05) is 19.3 Å². The van der Waals surface area contributed by atoms with Gasteiger partial charge in [-0.05, 0) is 83.5 Å². The Balaban J connectivity index is 4.22. The van der Waals surface area contributed by atoms with Crippen molar-refractivity contribution in [2.75, 3.05) is 13.2 Å². The third-order valence-corrected chi connectivity index (χ3v) is 16.1. The minimum absolute atomic E-state index is 0.0772. The van der Waals surface area contributed by atoms with Gasteiger partial charge in [-0.1, -0.05) is 333 Å². The molecule has 0 aromatic rings. The van der Waals surface area contributed by atoms with Gasteiger partial charge in [-0.2, -0.15) is 0 Å². The Labute approximate surface area is 498 Å². The van der Waals surface area contributed by atoms with Crippen molar-refractivity contribution in [3.8, 4) is 0 Å². The van der Waals surface area contributed by atoms with Crippen molar-refractivity contribution in [3.63, 3.8) is 0 Å². The van der Waals surface area contributed by atoms with Gasteiger partial charge >= 0.3 is 17.9 Å². The Kier molecular flexibility index (Phi) is 66.6. The average Bonchev–Trinajstić information content (AvgIpc) is 3.46. The highest BCUT2D eigenvalue weighted by Crippen LogP contribution is 2.18. The highest BCUT2D eigenvalue weighted by molar-refractivity contribution is 5.71. The van der Waals surface area contributed by atoms with Crippen molar-refractivity contribution in [2.24, 2.45) is 0 Å². The fourth-order valence-corrected chi connectivity index (χ4v) is 10.7. The zero-order chi connectivity index (χ0) is 57.8. The van der Waals surface area contributed by atoms with E-state index in [0.29, 0.717) is 19.3 Å². The summed E-state index contributed by atoms with van der Waals surface area (Å²) < 4.78 is 17.0. The quantitative estimate of drug-likeness (QED) is 0.0261. The first kappa shape index (κ1) is 77.4. The number of carbonyl (C=O) groups excluding carboxylic acids is 3. The van der Waals surface area contributed by atoms with Crippen LogP contribution in [0.3, 0.4) is 0 Å². The summed E-state index contributed by atoms with van der Waals surface area (Å²) >= 11 is 0. The van der Waals surface area contributed by atoms with Crippen LogP contribution in [0.1, 0.15) is 387 Å². The average molecular weight is 1120 g/mol. The van der Waals surface area contributed by atoms with Gasteiger partial charge in [0.05, 0.1) is 0 Å². The summed E-state index contributed by atoms with van der Waals surface area (Å²) in [5.41, 5.74) is 0. The van der Waals surface area contributed by atoms with Crippen LogP contribution in [-0.2, 0) is 28.6 Å². The van der Waals surface area contributed by atoms with Crippen molar-refractivity contribution in [2.45, 2.75) is 393 Å². The molecule has 0 saturated carbocycles. The maximum Gasteiger partial charge on any atom is 0.306 e. The van der Waals surface area contributed by atoms with E-state index in [2.05, 4.69) is 69.4 Å². The fourth-order valence-electron chi connectivity index (χ4n) is 10.7. The molecule has 0 aliphatic heterocycles. The molecule has 0 N–H and O–H groups in total. The number of carbonyl (C=O) groups is 3. The summed E-state index contributed by atoms with van der Waals surface area (Å²) in [7, 11) is 0. The molecule has 1 atom stereocenters. The Morgan fingerprint density at radius 3 is 0.725 bits per heavy atom. The monoisotopic (exact) mass is 1120 g/mol. The van der Waals surface area contributed by atoms with Crippen LogP contribution in [0.2, 0.25) is 0 Å². The summed E-state index contributed by atoms with van der Waals surface area (Å²) in [6, 6.07) is 0. The van der Waals surface area contributed by atoms with Crippen molar-refractivity contribution in [3.05, 3.63) is 48.6 Å². The standard InChI is InChI=1S/C74H136O6/c1-4-7-10-13-16-19-22-25-28-31-32-33-34-35-36-37-38-39-40-41-42-44-46-49-52-55-58-61-64-67-73(76)79-70-71(69-78-72(75)66-63-60-57-54-51-48-45-30-27-24-21-18-15-12-9-6-3)80-74(77)68-65-62-59-56-53-50-47-43-29-26-23-20-17-14-11-8-5-2/h17,20-21,24,26,29-30,45,71H,4-16,18-19,22-23,25,27-28,31-44,46-70H2,1-3H3/b20-17-,24-21-,29-26-,45-30-. The molecule has 80 heavy (non-hydrogen) atoms. The normalized spacial score (nSPS) is 12.3. The predicted octanol–water partition coefficient (Wildman–Crippen LogP) is 24.5. The molecule has 0 amide bonds. The van der Waals surface area contributed by atoms with E-state index in [9.17, 15) is 14.4 Å². The van der Waals surface area contributed by atoms with Crippen LogP contribution in [0.4, 0.5) is 0 Å². The number of hydrogen-bond donors (Lipinski definition) is 0. The van der Waals surface area contributed by atoms with E-state index in [0.717, 1.165) is 89.9 Å². The van der Waals surface area contributed by atoms with Crippen molar-refractivity contribution in [1.29, 1.82) is 0 Å². The number of allylic oxidation sites excluding steroid dienone is 8. The Hall–Kier alpha value is -2.63. The third kappa shape index (κ3) is 66.2. The molecule has 6 nitrogen and oxygen atoms in total. The molecular weight excluding hydrogens is 985 g/mol. The highest BCUT2D eigenvalue weighted by Gasteiger charge is 2.19. The Morgan fingerprint density at radius 1 is 0.250 bits per heavy atom. The summed E-state index contributed by atoms with van der Waals surface area (Å²) in [6.45, 7) is 6.65. The minimum Gasteiger partial charge on any atom is -0.462 e. The van der Waals surface area contributed by atoms with E-state index < -0.39 is 6.10 Å². The zero-order valence-electron chi connectivity index (χ0n) is 53.9. The molecular formula is C74H136O6. The first-order valence-corrected chi connectivity index (χ1v) is 35.6. The lowest BCUT2D eigenvalue weighted by atomic mass is 10.0. The van der Waals surface area contributed by atoms with Crippen LogP contribution in [-0.4, -0.2) is 37.2 Å². The zero-order valence-corrected chi connectivity index (χ0v) is 53.9. The van der Waals surface area contributed by atoms with Gasteiger partial charge in [0.15, 0.2) is 6.10 Å². The maximum absolute atomic E-state index is 12.9. The molecule has 0 aliphatic carbocycles. The first-order valence-electron chi connectivity index (χ1n) is 35.6. The number of hydrogen-bond acceptors (Lipinski definition) is 6. The van der Waals surface area contributed by atoms with Crippen LogP contribution in [0.5, 0.6) is 0 Å².